The van der Waals surface area contributed by atoms with Crippen molar-refractivity contribution in [1.29, 1.82) is 0 Å². The number of carbonyl (C=O) groups excluding carboxylic acids is 5. The summed E-state index contributed by atoms with van der Waals surface area (Å²) < 4.78 is 76.5. The van der Waals surface area contributed by atoms with Crippen LogP contribution in [0.2, 0.25) is 0 Å². The molecule has 0 bridgehead atoms. The minimum Gasteiger partial charge on any atom is -0.463 e. The first-order chi connectivity index (χ1) is 19.3. The number of nitrogens with one attached hydrogen (secondary N) is 1. The molecule has 5 unspecified atom stereocenters. The second-order valence-electron chi connectivity index (χ2n) is 9.50. The smallest absolute Gasteiger partial charge is 0.303 e. The van der Waals surface area contributed by atoms with Crippen LogP contribution in [0.25, 0.3) is 0 Å². The predicted molar refractivity (Wildman–Crippen MR) is 129 cm³/mol. The van der Waals surface area contributed by atoms with E-state index in [-0.39, 0.29) is 6.04 Å². The van der Waals surface area contributed by atoms with Crippen molar-refractivity contribution in [2.24, 2.45) is 0 Å². The van der Waals surface area contributed by atoms with Crippen LogP contribution in [0.4, 0.5) is 13.2 Å². The Morgan fingerprint density at radius 3 is 1.95 bits per heavy atom. The summed E-state index contributed by atoms with van der Waals surface area (Å²) >= 11 is 0. The second kappa shape index (κ2) is 13.7. The molecule has 0 radical (unpaired) electrons. The van der Waals surface area contributed by atoms with Crippen LogP contribution in [0.5, 0.6) is 5.75 Å². The van der Waals surface area contributed by atoms with Gasteiger partial charge in [0.2, 0.25) is 18.2 Å². The first kappa shape index (κ1) is 31.6. The fourth-order valence-corrected chi connectivity index (χ4v) is 4.58. The molecule has 0 spiro atoms. The standard InChI is InChI=1S/C26H30F3NO11/c1-11(31)36-10-18-21(37-12(2)32)23(38-13(3)33)24(39-14(4)34)26(40-18)41-22-19(28)16(9-17(27)20(22)29)25(35)30-15-7-5-6-8-15/h9,15,18,21,23-24,26H,5-8,10H2,1-4H3,(H,30,35). The zero-order valence-corrected chi connectivity index (χ0v) is 22.7. The molecule has 1 aliphatic heterocycles. The molecule has 1 saturated carbocycles. The van der Waals surface area contributed by atoms with E-state index in [2.05, 4.69) is 5.32 Å². The van der Waals surface area contributed by atoms with E-state index >= 15 is 4.39 Å². The fourth-order valence-electron chi connectivity index (χ4n) is 4.58. The summed E-state index contributed by atoms with van der Waals surface area (Å²) in [6.45, 7) is 3.35. The van der Waals surface area contributed by atoms with Gasteiger partial charge in [0.05, 0.1) is 5.56 Å². The minimum absolute atomic E-state index is 0.279. The number of rotatable bonds is 9. The Kier molecular flexibility index (Phi) is 10.5. The molecule has 1 aliphatic carbocycles. The van der Waals surface area contributed by atoms with Crippen molar-refractivity contribution in [3.8, 4) is 5.75 Å². The van der Waals surface area contributed by atoms with Crippen molar-refractivity contribution >= 4 is 29.8 Å². The molecule has 2 aliphatic rings. The van der Waals surface area contributed by atoms with E-state index in [0.717, 1.165) is 40.5 Å². The van der Waals surface area contributed by atoms with E-state index in [0.29, 0.717) is 18.9 Å². The molecule has 41 heavy (non-hydrogen) atoms. The van der Waals surface area contributed by atoms with Crippen molar-refractivity contribution < 1.29 is 65.6 Å². The molecular weight excluding hydrogens is 559 g/mol. The van der Waals surface area contributed by atoms with Crippen LogP contribution < -0.4 is 10.1 Å². The van der Waals surface area contributed by atoms with Crippen LogP contribution in [0.1, 0.15) is 63.7 Å². The van der Waals surface area contributed by atoms with Crippen molar-refractivity contribution in [3.05, 3.63) is 29.1 Å². The summed E-state index contributed by atoms with van der Waals surface area (Å²) in [6, 6.07) is 0.0915. The van der Waals surface area contributed by atoms with E-state index in [9.17, 15) is 32.8 Å². The lowest BCUT2D eigenvalue weighted by atomic mass is 9.98. The van der Waals surface area contributed by atoms with E-state index in [1.54, 1.807) is 0 Å². The molecule has 1 amide bonds. The zero-order chi connectivity index (χ0) is 30.4. The highest BCUT2D eigenvalue weighted by Gasteiger charge is 2.54. The molecule has 15 heteroatoms. The monoisotopic (exact) mass is 589 g/mol. The van der Waals surface area contributed by atoms with Gasteiger partial charge in [-0.2, -0.15) is 4.39 Å². The minimum atomic E-state index is -2.05. The van der Waals surface area contributed by atoms with Crippen LogP contribution in [-0.2, 0) is 42.9 Å². The van der Waals surface area contributed by atoms with E-state index in [1.807, 2.05) is 0 Å². The highest BCUT2D eigenvalue weighted by Crippen LogP contribution is 2.34. The summed E-state index contributed by atoms with van der Waals surface area (Å²) in [4.78, 5) is 59.9. The Balaban J connectivity index is 2.04. The van der Waals surface area contributed by atoms with Crippen molar-refractivity contribution in [2.45, 2.75) is 90.1 Å². The van der Waals surface area contributed by atoms with Crippen molar-refractivity contribution in [2.75, 3.05) is 6.61 Å². The molecule has 1 heterocycles. The number of benzene rings is 1. The number of amides is 1. The van der Waals surface area contributed by atoms with Gasteiger partial charge in [-0.25, -0.2) is 8.78 Å². The number of carbonyl (C=O) groups is 5. The molecule has 226 valence electrons. The average Bonchev–Trinajstić information content (AvgIpc) is 3.38. The lowest BCUT2D eigenvalue weighted by molar-refractivity contribution is -0.289. The van der Waals surface area contributed by atoms with Gasteiger partial charge in [0.25, 0.3) is 5.91 Å². The van der Waals surface area contributed by atoms with E-state index < -0.39 is 95.9 Å². The van der Waals surface area contributed by atoms with Crippen LogP contribution in [0.3, 0.4) is 0 Å². The number of hydrogen-bond acceptors (Lipinski definition) is 11. The highest BCUT2D eigenvalue weighted by molar-refractivity contribution is 5.95. The highest BCUT2D eigenvalue weighted by atomic mass is 19.2. The number of esters is 4. The number of halogens is 3. The van der Waals surface area contributed by atoms with Crippen molar-refractivity contribution in [1.82, 2.24) is 5.32 Å². The molecule has 12 nitrogen and oxygen atoms in total. The van der Waals surface area contributed by atoms with Gasteiger partial charge in [0.15, 0.2) is 29.6 Å². The quantitative estimate of drug-likeness (QED) is 0.256. The Hall–Kier alpha value is -3.88. The summed E-state index contributed by atoms with van der Waals surface area (Å²) in [5.41, 5.74) is -0.864. The maximum atomic E-state index is 15.5. The van der Waals surface area contributed by atoms with Gasteiger partial charge in [-0.3, -0.25) is 24.0 Å². The van der Waals surface area contributed by atoms with E-state index in [4.69, 9.17) is 28.4 Å². The van der Waals surface area contributed by atoms with Gasteiger partial charge in [0, 0.05) is 33.7 Å². The second-order valence-corrected chi connectivity index (χ2v) is 9.50. The van der Waals surface area contributed by atoms with Crippen LogP contribution in [0.15, 0.2) is 6.07 Å². The lowest BCUT2D eigenvalue weighted by Gasteiger charge is -2.43. The van der Waals surface area contributed by atoms with Gasteiger partial charge in [-0.1, -0.05) is 12.8 Å². The predicted octanol–water partition coefficient (Wildman–Crippen LogP) is 2.24. The van der Waals surface area contributed by atoms with Crippen LogP contribution >= 0.6 is 0 Å². The SMILES string of the molecule is CC(=O)OCC1OC(Oc2c(F)c(F)cc(C(=O)NC3CCCC3)c2F)C(OC(C)=O)C(OC(C)=O)C1OC(C)=O. The third-order valence-corrected chi connectivity index (χ3v) is 6.23. The Labute approximate surface area is 232 Å². The molecule has 3 rings (SSSR count). The summed E-state index contributed by atoms with van der Waals surface area (Å²) in [5, 5.41) is 2.56. The molecule has 1 N–H and O–H groups in total. The van der Waals surface area contributed by atoms with Gasteiger partial charge in [-0.05, 0) is 18.9 Å². The number of hydrogen-bond donors (Lipinski definition) is 1. The van der Waals surface area contributed by atoms with Gasteiger partial charge in [0.1, 0.15) is 12.7 Å². The first-order valence-corrected chi connectivity index (χ1v) is 12.7. The normalized spacial score (nSPS) is 24.2. The zero-order valence-electron chi connectivity index (χ0n) is 22.7. The molecule has 1 aromatic rings. The van der Waals surface area contributed by atoms with Gasteiger partial charge < -0.3 is 33.7 Å². The molecular formula is C26H30F3NO11. The van der Waals surface area contributed by atoms with Gasteiger partial charge >= 0.3 is 23.9 Å². The van der Waals surface area contributed by atoms with Gasteiger partial charge in [-0.15, -0.1) is 0 Å². The third kappa shape index (κ3) is 8.08. The molecule has 2 fully saturated rings. The maximum Gasteiger partial charge on any atom is 0.303 e. The number of ether oxygens (including phenoxy) is 6. The average molecular weight is 590 g/mol. The molecule has 0 aromatic heterocycles. The molecule has 1 saturated heterocycles. The lowest BCUT2D eigenvalue weighted by Crippen LogP contribution is -2.63. The van der Waals surface area contributed by atoms with Crippen molar-refractivity contribution in [3.63, 3.8) is 0 Å². The summed E-state index contributed by atoms with van der Waals surface area (Å²) in [6.07, 6.45) is -5.71. The van der Waals surface area contributed by atoms with Crippen LogP contribution in [-0.4, -0.2) is 73.1 Å². The molecule has 1 aromatic carbocycles. The summed E-state index contributed by atoms with van der Waals surface area (Å²) in [5.74, 6) is -11.1. The van der Waals surface area contributed by atoms with Crippen LogP contribution in [0, 0.1) is 17.5 Å². The maximum absolute atomic E-state index is 15.5. The Bertz CT molecular complexity index is 1190. The Morgan fingerprint density at radius 2 is 1.39 bits per heavy atom. The molecule has 5 atom stereocenters. The third-order valence-electron chi connectivity index (χ3n) is 6.23. The van der Waals surface area contributed by atoms with E-state index in [1.165, 1.54) is 0 Å². The Morgan fingerprint density at radius 1 is 0.829 bits per heavy atom. The topological polar surface area (TPSA) is 153 Å². The largest absolute Gasteiger partial charge is 0.463 e. The first-order valence-electron chi connectivity index (χ1n) is 12.7. The fraction of sp³-hybridized carbons (Fsp3) is 0.577. The summed E-state index contributed by atoms with van der Waals surface area (Å²) in [7, 11) is 0.